The molecule has 1 aromatic heterocycles. The van der Waals surface area contributed by atoms with Gasteiger partial charge in [0.1, 0.15) is 0 Å². The van der Waals surface area contributed by atoms with Crippen molar-refractivity contribution in [3.05, 3.63) is 29.8 Å². The Bertz CT molecular complexity index is 257. The summed E-state index contributed by atoms with van der Waals surface area (Å²) in [5.74, 6) is -0.611. The average molecular weight is 173 g/mol. The van der Waals surface area contributed by atoms with Crippen LogP contribution in [0.25, 0.3) is 0 Å². The van der Waals surface area contributed by atoms with E-state index in [0.29, 0.717) is 0 Å². The summed E-state index contributed by atoms with van der Waals surface area (Å²) in [5, 5.41) is 9.39. The number of nitrogens with zero attached hydrogens (tertiary/aromatic N) is 1. The molecule has 0 aliphatic carbocycles. The van der Waals surface area contributed by atoms with E-state index in [-0.39, 0.29) is 11.0 Å². The number of halogens is 1. The zero-order valence-electron chi connectivity index (χ0n) is 7.00. The van der Waals surface area contributed by atoms with E-state index in [1.54, 1.807) is 6.07 Å². The fourth-order valence-corrected chi connectivity index (χ4v) is 0.842. The minimum absolute atomic E-state index is 0. The molecule has 4 heteroatoms. The molecule has 68 valence electrons. The summed E-state index contributed by atoms with van der Waals surface area (Å²) in [6.07, 6.45) is 1.35. The summed E-state index contributed by atoms with van der Waals surface area (Å²) in [7, 11) is 0. The Hall–Kier alpha value is -1.00. The summed E-state index contributed by atoms with van der Waals surface area (Å²) < 4.78 is 12.8. The third-order valence-electron chi connectivity index (χ3n) is 1.42. The lowest BCUT2D eigenvalue weighted by molar-refractivity contribution is 0.0736. The van der Waals surface area contributed by atoms with E-state index in [0.717, 1.165) is 0 Å². The van der Waals surface area contributed by atoms with Crippen LogP contribution in [-0.2, 0) is 5.60 Å². The molecule has 1 aromatic rings. The fraction of sp³-hybridized carbons (Fsp3) is 0.375. The Kier molecular flexibility index (Phi) is 3.30. The van der Waals surface area contributed by atoms with Gasteiger partial charge in [-0.15, -0.1) is 0 Å². The summed E-state index contributed by atoms with van der Waals surface area (Å²) >= 11 is 0. The lowest BCUT2D eigenvalue weighted by Gasteiger charge is -2.16. The predicted molar refractivity (Wildman–Crippen MR) is 43.1 cm³/mol. The SMILES string of the molecule is CC(C)(O)c1cccnc1F.O. The van der Waals surface area contributed by atoms with Gasteiger partial charge in [0.15, 0.2) is 0 Å². The second kappa shape index (κ2) is 3.60. The van der Waals surface area contributed by atoms with Gasteiger partial charge in [-0.1, -0.05) is 6.07 Å². The van der Waals surface area contributed by atoms with Crippen molar-refractivity contribution < 1.29 is 15.0 Å². The Morgan fingerprint density at radius 1 is 1.50 bits per heavy atom. The third-order valence-corrected chi connectivity index (χ3v) is 1.42. The minimum Gasteiger partial charge on any atom is -0.412 e. The van der Waals surface area contributed by atoms with Crippen LogP contribution in [0.1, 0.15) is 19.4 Å². The normalized spacial score (nSPS) is 10.7. The second-order valence-corrected chi connectivity index (χ2v) is 2.90. The first-order valence-corrected chi connectivity index (χ1v) is 3.35. The molecule has 0 bridgehead atoms. The van der Waals surface area contributed by atoms with Gasteiger partial charge < -0.3 is 10.6 Å². The van der Waals surface area contributed by atoms with Crippen molar-refractivity contribution >= 4 is 0 Å². The topological polar surface area (TPSA) is 64.6 Å². The van der Waals surface area contributed by atoms with Crippen LogP contribution in [0.5, 0.6) is 0 Å². The van der Waals surface area contributed by atoms with Crippen molar-refractivity contribution in [2.24, 2.45) is 0 Å². The molecule has 0 saturated carbocycles. The third kappa shape index (κ3) is 2.25. The highest BCUT2D eigenvalue weighted by molar-refractivity contribution is 5.17. The van der Waals surface area contributed by atoms with Gasteiger partial charge in [-0.25, -0.2) is 4.98 Å². The van der Waals surface area contributed by atoms with E-state index in [2.05, 4.69) is 4.98 Å². The molecule has 0 atom stereocenters. The number of aliphatic hydroxyl groups is 1. The van der Waals surface area contributed by atoms with Gasteiger partial charge in [-0.05, 0) is 19.9 Å². The number of hydrogen-bond donors (Lipinski definition) is 1. The first kappa shape index (κ1) is 11.0. The van der Waals surface area contributed by atoms with E-state index >= 15 is 0 Å². The van der Waals surface area contributed by atoms with Crippen LogP contribution in [0.3, 0.4) is 0 Å². The first-order chi connectivity index (χ1) is 5.02. The molecule has 3 nitrogen and oxygen atoms in total. The maximum absolute atomic E-state index is 12.8. The monoisotopic (exact) mass is 173 g/mol. The van der Waals surface area contributed by atoms with Gasteiger partial charge in [0, 0.05) is 11.8 Å². The molecule has 1 rings (SSSR count). The highest BCUT2D eigenvalue weighted by Crippen LogP contribution is 2.20. The Labute approximate surface area is 70.2 Å². The molecular weight excluding hydrogens is 161 g/mol. The highest BCUT2D eigenvalue weighted by atomic mass is 19.1. The number of hydrogen-bond acceptors (Lipinski definition) is 2. The van der Waals surface area contributed by atoms with E-state index in [1.165, 1.54) is 26.1 Å². The van der Waals surface area contributed by atoms with Crippen molar-refractivity contribution in [3.8, 4) is 0 Å². The largest absolute Gasteiger partial charge is 0.412 e. The Balaban J connectivity index is 0.00000121. The molecule has 0 radical (unpaired) electrons. The van der Waals surface area contributed by atoms with E-state index in [9.17, 15) is 9.50 Å². The van der Waals surface area contributed by atoms with Crippen LogP contribution in [0.15, 0.2) is 18.3 Å². The maximum Gasteiger partial charge on any atom is 0.218 e. The second-order valence-electron chi connectivity index (χ2n) is 2.90. The van der Waals surface area contributed by atoms with E-state index < -0.39 is 11.5 Å². The first-order valence-electron chi connectivity index (χ1n) is 3.35. The van der Waals surface area contributed by atoms with Crippen LogP contribution < -0.4 is 0 Å². The van der Waals surface area contributed by atoms with Crippen molar-refractivity contribution in [3.63, 3.8) is 0 Å². The van der Waals surface area contributed by atoms with Gasteiger partial charge in [-0.2, -0.15) is 4.39 Å². The average Bonchev–Trinajstić information content (AvgIpc) is 1.86. The van der Waals surface area contributed by atoms with Crippen molar-refractivity contribution in [1.82, 2.24) is 4.98 Å². The summed E-state index contributed by atoms with van der Waals surface area (Å²) in [5.41, 5.74) is -0.932. The molecule has 0 fully saturated rings. The molecule has 0 aliphatic heterocycles. The fourth-order valence-electron chi connectivity index (χ4n) is 0.842. The lowest BCUT2D eigenvalue weighted by Crippen LogP contribution is -2.17. The van der Waals surface area contributed by atoms with Gasteiger partial charge >= 0.3 is 0 Å². The predicted octanol–water partition coefficient (Wildman–Crippen LogP) is 0.623. The summed E-state index contributed by atoms with van der Waals surface area (Å²) in [6, 6.07) is 3.11. The molecule has 3 N–H and O–H groups in total. The van der Waals surface area contributed by atoms with Crippen LogP contribution in [-0.4, -0.2) is 15.6 Å². The standard InChI is InChI=1S/C8H10FNO.H2O/c1-8(2,11)6-4-3-5-10-7(6)9;/h3-5,11H,1-2H3;1H2. The van der Waals surface area contributed by atoms with Crippen molar-refractivity contribution in [2.75, 3.05) is 0 Å². The van der Waals surface area contributed by atoms with Crippen LogP contribution >= 0.6 is 0 Å². The Morgan fingerprint density at radius 3 is 2.42 bits per heavy atom. The quantitative estimate of drug-likeness (QED) is 0.633. The molecule has 0 amide bonds. The maximum atomic E-state index is 12.8. The summed E-state index contributed by atoms with van der Waals surface area (Å²) in [6.45, 7) is 3.04. The molecule has 0 saturated heterocycles. The number of rotatable bonds is 1. The number of pyridine rings is 1. The molecule has 0 spiro atoms. The molecule has 12 heavy (non-hydrogen) atoms. The lowest BCUT2D eigenvalue weighted by atomic mass is 10.0. The van der Waals surface area contributed by atoms with Crippen LogP contribution in [0, 0.1) is 5.95 Å². The smallest absolute Gasteiger partial charge is 0.218 e. The number of aromatic nitrogens is 1. The van der Waals surface area contributed by atoms with Gasteiger partial charge in [0.05, 0.1) is 5.60 Å². The zero-order valence-corrected chi connectivity index (χ0v) is 7.00. The van der Waals surface area contributed by atoms with Crippen molar-refractivity contribution in [1.29, 1.82) is 0 Å². The van der Waals surface area contributed by atoms with Crippen LogP contribution in [0.2, 0.25) is 0 Å². The highest BCUT2D eigenvalue weighted by Gasteiger charge is 2.20. The zero-order chi connectivity index (χ0) is 8.48. The minimum atomic E-state index is -1.15. The van der Waals surface area contributed by atoms with Crippen molar-refractivity contribution in [2.45, 2.75) is 19.4 Å². The Morgan fingerprint density at radius 2 is 2.08 bits per heavy atom. The molecular formula is C8H12FNO2. The van der Waals surface area contributed by atoms with E-state index in [4.69, 9.17) is 0 Å². The van der Waals surface area contributed by atoms with Gasteiger partial charge in [0.25, 0.3) is 0 Å². The molecule has 1 heterocycles. The molecule has 0 unspecified atom stereocenters. The van der Waals surface area contributed by atoms with Gasteiger partial charge in [-0.3, -0.25) is 0 Å². The molecule has 0 aliphatic rings. The van der Waals surface area contributed by atoms with Crippen LogP contribution in [0.4, 0.5) is 4.39 Å². The van der Waals surface area contributed by atoms with E-state index in [1.807, 2.05) is 0 Å². The summed E-state index contributed by atoms with van der Waals surface area (Å²) in [4.78, 5) is 3.42. The van der Waals surface area contributed by atoms with Gasteiger partial charge in [0.2, 0.25) is 5.95 Å². The molecule has 0 aromatic carbocycles.